The van der Waals surface area contributed by atoms with Gasteiger partial charge in [0.1, 0.15) is 0 Å². The van der Waals surface area contributed by atoms with Gasteiger partial charge in [-0.05, 0) is 119 Å². The van der Waals surface area contributed by atoms with Gasteiger partial charge < -0.3 is 10.6 Å². The first kappa shape index (κ1) is 25.8. The van der Waals surface area contributed by atoms with Crippen LogP contribution in [-0.4, -0.2) is 71.1 Å². The Labute approximate surface area is 218 Å². The number of nitrogens with one attached hydrogen (secondary N) is 2. The fraction of sp³-hybridized carbons (Fsp3) is 0.667. The minimum absolute atomic E-state index is 0.770. The topological polar surface area (TPSA) is 56.3 Å². The second kappa shape index (κ2) is 13.6. The number of nitrogens with zero attached hydrogens (tertiary/aromatic N) is 4. The van der Waals surface area contributed by atoms with Crippen molar-refractivity contribution in [3.05, 3.63) is 60.2 Å². The SMILES string of the molecule is c1cc(CN(CC2CC2)C2CCNCC2)ccn1.c1cncc(CN(CC2CC2)C2CCNCC2)c1. The van der Waals surface area contributed by atoms with Crippen LogP contribution < -0.4 is 10.6 Å². The highest BCUT2D eigenvalue weighted by Crippen LogP contribution is 2.32. The zero-order valence-corrected chi connectivity index (χ0v) is 22.0. The molecule has 0 unspecified atom stereocenters. The van der Waals surface area contributed by atoms with Crippen LogP contribution >= 0.6 is 0 Å². The third kappa shape index (κ3) is 8.62. The van der Waals surface area contributed by atoms with Crippen molar-refractivity contribution in [1.29, 1.82) is 0 Å². The van der Waals surface area contributed by atoms with Crippen LogP contribution in [-0.2, 0) is 13.1 Å². The van der Waals surface area contributed by atoms with Crippen molar-refractivity contribution in [2.75, 3.05) is 39.3 Å². The van der Waals surface area contributed by atoms with E-state index < -0.39 is 0 Å². The van der Waals surface area contributed by atoms with Crippen molar-refractivity contribution in [2.24, 2.45) is 11.8 Å². The Kier molecular flexibility index (Phi) is 9.75. The minimum Gasteiger partial charge on any atom is -0.317 e. The summed E-state index contributed by atoms with van der Waals surface area (Å²) in [7, 11) is 0. The molecule has 2 N–H and O–H groups in total. The molecule has 0 bridgehead atoms. The highest BCUT2D eigenvalue weighted by molar-refractivity contribution is 5.10. The Morgan fingerprint density at radius 3 is 1.61 bits per heavy atom. The summed E-state index contributed by atoms with van der Waals surface area (Å²) in [4.78, 5) is 13.8. The van der Waals surface area contributed by atoms with Crippen molar-refractivity contribution in [3.8, 4) is 0 Å². The number of hydrogen-bond donors (Lipinski definition) is 2. The first-order valence-electron chi connectivity index (χ1n) is 14.5. The molecule has 2 saturated heterocycles. The van der Waals surface area contributed by atoms with Gasteiger partial charge in [-0.1, -0.05) is 6.07 Å². The molecule has 6 rings (SSSR count). The van der Waals surface area contributed by atoms with Crippen molar-refractivity contribution < 1.29 is 0 Å². The molecule has 4 heterocycles. The molecule has 2 aliphatic carbocycles. The lowest BCUT2D eigenvalue weighted by atomic mass is 10.0. The summed E-state index contributed by atoms with van der Waals surface area (Å²) in [5, 5.41) is 6.93. The Balaban J connectivity index is 0.000000148. The monoisotopic (exact) mass is 490 g/mol. The number of rotatable bonds is 10. The molecule has 36 heavy (non-hydrogen) atoms. The van der Waals surface area contributed by atoms with Crippen molar-refractivity contribution in [3.63, 3.8) is 0 Å². The molecule has 2 aromatic rings. The second-order valence-corrected chi connectivity index (χ2v) is 11.4. The molecule has 6 heteroatoms. The fourth-order valence-corrected chi connectivity index (χ4v) is 5.74. The van der Waals surface area contributed by atoms with Crippen molar-refractivity contribution >= 4 is 0 Å². The second-order valence-electron chi connectivity index (χ2n) is 11.4. The normalized spacial score (nSPS) is 21.4. The maximum atomic E-state index is 4.24. The molecular weight excluding hydrogens is 444 g/mol. The van der Waals surface area contributed by atoms with Crippen LogP contribution in [0.3, 0.4) is 0 Å². The summed E-state index contributed by atoms with van der Waals surface area (Å²) >= 11 is 0. The van der Waals surface area contributed by atoms with Crippen LogP contribution in [0.4, 0.5) is 0 Å². The van der Waals surface area contributed by atoms with Crippen molar-refractivity contribution in [2.45, 2.75) is 76.5 Å². The molecule has 0 atom stereocenters. The van der Waals surface area contributed by atoms with Gasteiger partial charge in [0, 0.05) is 63.1 Å². The van der Waals surface area contributed by atoms with Gasteiger partial charge in [-0.2, -0.15) is 0 Å². The lowest BCUT2D eigenvalue weighted by Crippen LogP contribution is -2.43. The van der Waals surface area contributed by atoms with Crippen LogP contribution in [0.1, 0.15) is 62.5 Å². The molecule has 6 nitrogen and oxygen atoms in total. The third-order valence-electron chi connectivity index (χ3n) is 8.27. The summed E-state index contributed by atoms with van der Waals surface area (Å²) in [6.45, 7) is 9.49. The molecule has 0 radical (unpaired) electrons. The van der Waals surface area contributed by atoms with Gasteiger partial charge in [0.05, 0.1) is 0 Å². The number of piperidine rings is 2. The lowest BCUT2D eigenvalue weighted by molar-refractivity contribution is 0.147. The van der Waals surface area contributed by atoms with E-state index in [2.05, 4.69) is 48.6 Å². The Hall–Kier alpha value is -1.86. The lowest BCUT2D eigenvalue weighted by Gasteiger charge is -2.34. The van der Waals surface area contributed by atoms with Gasteiger partial charge in [0.2, 0.25) is 0 Å². The molecule has 4 aliphatic rings. The fourth-order valence-electron chi connectivity index (χ4n) is 5.74. The zero-order chi connectivity index (χ0) is 24.4. The van der Waals surface area contributed by atoms with Crippen LogP contribution in [0, 0.1) is 11.8 Å². The van der Waals surface area contributed by atoms with E-state index in [4.69, 9.17) is 0 Å². The molecule has 2 saturated carbocycles. The molecule has 0 aromatic carbocycles. The average molecular weight is 491 g/mol. The summed E-state index contributed by atoms with van der Waals surface area (Å²) in [6, 6.07) is 10.1. The van der Waals surface area contributed by atoms with E-state index in [0.717, 1.165) is 37.0 Å². The van der Waals surface area contributed by atoms with Gasteiger partial charge >= 0.3 is 0 Å². The maximum Gasteiger partial charge on any atom is 0.0312 e. The van der Waals surface area contributed by atoms with Gasteiger partial charge in [-0.15, -0.1) is 0 Å². The summed E-state index contributed by atoms with van der Waals surface area (Å²) in [6.07, 6.45) is 18.7. The minimum atomic E-state index is 0.770. The number of aromatic nitrogens is 2. The predicted octanol–water partition coefficient (Wildman–Crippen LogP) is 4.09. The summed E-state index contributed by atoms with van der Waals surface area (Å²) in [5.41, 5.74) is 2.76. The summed E-state index contributed by atoms with van der Waals surface area (Å²) < 4.78 is 0. The molecule has 2 aliphatic heterocycles. The van der Waals surface area contributed by atoms with E-state index in [-0.39, 0.29) is 0 Å². The van der Waals surface area contributed by atoms with Crippen molar-refractivity contribution in [1.82, 2.24) is 30.4 Å². The Bertz CT molecular complexity index is 784. The van der Waals surface area contributed by atoms with Gasteiger partial charge in [-0.25, -0.2) is 0 Å². The average Bonchev–Trinajstić information content (AvgIpc) is 3.88. The largest absolute Gasteiger partial charge is 0.317 e. The van der Waals surface area contributed by atoms with E-state index in [9.17, 15) is 0 Å². The molecule has 196 valence electrons. The Morgan fingerprint density at radius 2 is 1.14 bits per heavy atom. The first-order chi connectivity index (χ1) is 17.8. The zero-order valence-electron chi connectivity index (χ0n) is 22.0. The van der Waals surface area contributed by atoms with E-state index in [1.165, 1.54) is 102 Å². The highest BCUT2D eigenvalue weighted by atomic mass is 15.2. The highest BCUT2D eigenvalue weighted by Gasteiger charge is 2.30. The van der Waals surface area contributed by atoms with E-state index in [0.29, 0.717) is 0 Å². The van der Waals surface area contributed by atoms with Gasteiger partial charge in [0.25, 0.3) is 0 Å². The quantitative estimate of drug-likeness (QED) is 0.523. The van der Waals surface area contributed by atoms with E-state index in [1.54, 1.807) is 0 Å². The molecule has 4 fully saturated rings. The summed E-state index contributed by atoms with van der Waals surface area (Å²) in [5.74, 6) is 1.94. The predicted molar refractivity (Wildman–Crippen MR) is 147 cm³/mol. The van der Waals surface area contributed by atoms with Crippen LogP contribution in [0.5, 0.6) is 0 Å². The molecule has 0 amide bonds. The maximum absolute atomic E-state index is 4.24. The van der Waals surface area contributed by atoms with E-state index >= 15 is 0 Å². The molecule has 0 spiro atoms. The van der Waals surface area contributed by atoms with Crippen LogP contribution in [0.2, 0.25) is 0 Å². The van der Waals surface area contributed by atoms with Gasteiger partial charge in [0.15, 0.2) is 0 Å². The standard InChI is InChI=1S/2C15H23N3/c1-2-13(1)11-18(15-5-9-17-10-6-15)12-14-3-7-16-8-4-14;1-2-14(10-17-7-1)12-18(11-13-3-4-13)15-5-8-16-9-6-15/h3-4,7-8,13,15,17H,1-2,5-6,9-12H2;1-2,7,10,13,15-16H,3-6,8-9,11-12H2. The molecule has 2 aromatic heterocycles. The van der Waals surface area contributed by atoms with Gasteiger partial charge in [-0.3, -0.25) is 19.8 Å². The first-order valence-corrected chi connectivity index (χ1v) is 14.5. The molecular formula is C30H46N6. The van der Waals surface area contributed by atoms with Crippen LogP contribution in [0.25, 0.3) is 0 Å². The number of pyridine rings is 2. The van der Waals surface area contributed by atoms with E-state index in [1.807, 2.05) is 30.9 Å². The number of hydrogen-bond acceptors (Lipinski definition) is 6. The Morgan fingerprint density at radius 1 is 0.611 bits per heavy atom. The van der Waals surface area contributed by atoms with Crippen LogP contribution in [0.15, 0.2) is 49.1 Å². The smallest absolute Gasteiger partial charge is 0.0312 e. The third-order valence-corrected chi connectivity index (χ3v) is 8.27.